The van der Waals surface area contributed by atoms with Gasteiger partial charge in [-0.25, -0.2) is 8.42 Å². The summed E-state index contributed by atoms with van der Waals surface area (Å²) in [6.45, 7) is 3.73. The number of nitrogens with one attached hydrogen (secondary N) is 1. The first-order chi connectivity index (χ1) is 9.53. The number of sulfone groups is 1. The lowest BCUT2D eigenvalue weighted by atomic mass is 10.0. The van der Waals surface area contributed by atoms with Crippen LogP contribution in [0.2, 0.25) is 0 Å². The van der Waals surface area contributed by atoms with Gasteiger partial charge in [-0.15, -0.1) is 0 Å². The van der Waals surface area contributed by atoms with Crippen molar-refractivity contribution < 1.29 is 8.42 Å². The second kappa shape index (κ2) is 7.20. The summed E-state index contributed by atoms with van der Waals surface area (Å²) in [5.41, 5.74) is 1.36. The zero-order valence-electron chi connectivity index (χ0n) is 12.1. The van der Waals surface area contributed by atoms with E-state index in [0.717, 1.165) is 32.5 Å². The van der Waals surface area contributed by atoms with Crippen LogP contribution in [0.5, 0.6) is 0 Å². The number of hydrogen-bond donors (Lipinski definition) is 1. The Bertz CT molecular complexity index is 494. The molecule has 0 radical (unpaired) electrons. The van der Waals surface area contributed by atoms with Crippen LogP contribution < -0.4 is 5.32 Å². The Morgan fingerprint density at radius 3 is 2.45 bits per heavy atom. The average molecular weight is 296 g/mol. The summed E-state index contributed by atoms with van der Waals surface area (Å²) in [6, 6.07) is 11.0. The third kappa shape index (κ3) is 5.61. The molecule has 1 aromatic carbocycles. The summed E-state index contributed by atoms with van der Waals surface area (Å²) in [7, 11) is -2.85. The Morgan fingerprint density at radius 2 is 1.85 bits per heavy atom. The minimum atomic E-state index is -2.85. The van der Waals surface area contributed by atoms with Gasteiger partial charge in [0, 0.05) is 25.4 Å². The molecular formula is C15H24N2O2S. The highest BCUT2D eigenvalue weighted by molar-refractivity contribution is 7.90. The lowest BCUT2D eigenvalue weighted by Crippen LogP contribution is -2.43. The highest BCUT2D eigenvalue weighted by atomic mass is 32.2. The van der Waals surface area contributed by atoms with Crippen molar-refractivity contribution in [2.24, 2.45) is 0 Å². The van der Waals surface area contributed by atoms with Crippen LogP contribution in [0.4, 0.5) is 0 Å². The second-order valence-electron chi connectivity index (χ2n) is 5.62. The van der Waals surface area contributed by atoms with E-state index in [4.69, 9.17) is 0 Å². The van der Waals surface area contributed by atoms with Crippen molar-refractivity contribution in [2.45, 2.75) is 25.4 Å². The fourth-order valence-electron chi connectivity index (χ4n) is 2.59. The largest absolute Gasteiger partial charge is 0.313 e. The summed E-state index contributed by atoms with van der Waals surface area (Å²) in [4.78, 5) is 2.46. The molecule has 1 heterocycles. The zero-order chi connectivity index (χ0) is 14.4. The van der Waals surface area contributed by atoms with Crippen molar-refractivity contribution in [2.75, 3.05) is 31.6 Å². The minimum absolute atomic E-state index is 0.233. The first-order valence-electron chi connectivity index (χ1n) is 7.20. The predicted molar refractivity (Wildman–Crippen MR) is 82.5 cm³/mol. The summed E-state index contributed by atoms with van der Waals surface area (Å²) >= 11 is 0. The van der Waals surface area contributed by atoms with E-state index in [1.807, 2.05) is 6.07 Å². The summed E-state index contributed by atoms with van der Waals surface area (Å²) in [5, 5.41) is 3.36. The van der Waals surface area contributed by atoms with Crippen molar-refractivity contribution in [1.29, 1.82) is 0 Å². The summed E-state index contributed by atoms with van der Waals surface area (Å²) in [5.74, 6) is 0.233. The summed E-state index contributed by atoms with van der Waals surface area (Å²) in [6.07, 6.45) is 3.48. The van der Waals surface area contributed by atoms with Gasteiger partial charge in [-0.2, -0.15) is 0 Å². The van der Waals surface area contributed by atoms with E-state index < -0.39 is 9.84 Å². The molecular weight excluding hydrogens is 272 g/mol. The van der Waals surface area contributed by atoms with E-state index in [9.17, 15) is 8.42 Å². The number of benzene rings is 1. The van der Waals surface area contributed by atoms with Crippen molar-refractivity contribution in [3.63, 3.8) is 0 Å². The maximum Gasteiger partial charge on any atom is 0.148 e. The van der Waals surface area contributed by atoms with E-state index in [0.29, 0.717) is 12.6 Å². The van der Waals surface area contributed by atoms with Gasteiger partial charge in [0.15, 0.2) is 0 Å². The molecule has 20 heavy (non-hydrogen) atoms. The maximum absolute atomic E-state index is 11.1. The Morgan fingerprint density at radius 1 is 1.20 bits per heavy atom. The van der Waals surface area contributed by atoms with Crippen LogP contribution in [0.25, 0.3) is 0 Å². The number of piperidine rings is 1. The third-order valence-corrected chi connectivity index (χ3v) is 4.69. The maximum atomic E-state index is 11.1. The van der Waals surface area contributed by atoms with Crippen LogP contribution in [0, 0.1) is 0 Å². The smallest absolute Gasteiger partial charge is 0.148 e. The molecule has 0 aromatic heterocycles. The van der Waals surface area contributed by atoms with E-state index in [-0.39, 0.29) is 5.75 Å². The van der Waals surface area contributed by atoms with Crippen molar-refractivity contribution in [1.82, 2.24) is 10.2 Å². The number of likely N-dealkylation sites (tertiary alicyclic amines) is 1. The third-order valence-electron chi connectivity index (χ3n) is 3.74. The van der Waals surface area contributed by atoms with Gasteiger partial charge in [0.2, 0.25) is 0 Å². The van der Waals surface area contributed by atoms with E-state index >= 15 is 0 Å². The number of hydrogen-bond acceptors (Lipinski definition) is 4. The Kier molecular flexibility index (Phi) is 5.57. The molecule has 0 amide bonds. The van der Waals surface area contributed by atoms with Crippen LogP contribution in [0.15, 0.2) is 30.3 Å². The molecule has 1 N–H and O–H groups in total. The molecule has 1 aliphatic rings. The molecule has 0 aliphatic carbocycles. The van der Waals surface area contributed by atoms with Gasteiger partial charge in [-0.05, 0) is 31.5 Å². The number of nitrogens with zero attached hydrogens (tertiary/aromatic N) is 1. The van der Waals surface area contributed by atoms with Gasteiger partial charge in [0.1, 0.15) is 9.84 Å². The molecule has 2 rings (SSSR count). The summed E-state index contributed by atoms with van der Waals surface area (Å²) < 4.78 is 22.2. The molecule has 5 heteroatoms. The van der Waals surface area contributed by atoms with Crippen LogP contribution in [-0.2, 0) is 16.4 Å². The first-order valence-corrected chi connectivity index (χ1v) is 9.26. The van der Waals surface area contributed by atoms with Crippen LogP contribution in [-0.4, -0.2) is 51.0 Å². The fourth-order valence-corrected chi connectivity index (χ4v) is 3.07. The van der Waals surface area contributed by atoms with E-state index in [2.05, 4.69) is 34.5 Å². The van der Waals surface area contributed by atoms with Gasteiger partial charge in [-0.3, -0.25) is 4.90 Å². The molecule has 0 unspecified atom stereocenters. The molecule has 1 fully saturated rings. The van der Waals surface area contributed by atoms with Gasteiger partial charge >= 0.3 is 0 Å². The molecule has 0 spiro atoms. The molecule has 0 saturated carbocycles. The number of rotatable bonds is 6. The van der Waals surface area contributed by atoms with E-state index in [1.54, 1.807) is 0 Å². The Hall–Kier alpha value is -0.910. The standard InChI is InChI=1S/C15H24N2O2S/c1-20(18,19)12-9-16-15-7-10-17(11-8-15)13-14-5-3-2-4-6-14/h2-6,15-16H,7-13H2,1H3. The quantitative estimate of drug-likeness (QED) is 0.859. The molecule has 112 valence electrons. The van der Waals surface area contributed by atoms with Crippen LogP contribution >= 0.6 is 0 Å². The highest BCUT2D eigenvalue weighted by Gasteiger charge is 2.18. The van der Waals surface area contributed by atoms with Gasteiger partial charge in [0.25, 0.3) is 0 Å². The van der Waals surface area contributed by atoms with Gasteiger partial charge < -0.3 is 5.32 Å². The lowest BCUT2D eigenvalue weighted by Gasteiger charge is -2.32. The molecule has 1 aliphatic heterocycles. The molecule has 1 saturated heterocycles. The topological polar surface area (TPSA) is 49.4 Å². The predicted octanol–water partition coefficient (Wildman–Crippen LogP) is 1.29. The van der Waals surface area contributed by atoms with Crippen LogP contribution in [0.1, 0.15) is 18.4 Å². The van der Waals surface area contributed by atoms with Crippen LogP contribution in [0.3, 0.4) is 0 Å². The highest BCUT2D eigenvalue weighted by Crippen LogP contribution is 2.13. The van der Waals surface area contributed by atoms with E-state index in [1.165, 1.54) is 11.8 Å². The Balaban J connectivity index is 1.67. The van der Waals surface area contributed by atoms with Crippen molar-refractivity contribution in [3.8, 4) is 0 Å². The first kappa shape index (κ1) is 15.5. The van der Waals surface area contributed by atoms with Crippen molar-refractivity contribution >= 4 is 9.84 Å². The molecule has 1 aromatic rings. The molecule has 0 atom stereocenters. The SMILES string of the molecule is CS(=O)(=O)CCNC1CCN(Cc2ccccc2)CC1. The lowest BCUT2D eigenvalue weighted by molar-refractivity contribution is 0.192. The monoisotopic (exact) mass is 296 g/mol. The van der Waals surface area contributed by atoms with Crippen molar-refractivity contribution in [3.05, 3.63) is 35.9 Å². The Labute approximate surface area is 122 Å². The average Bonchev–Trinajstić information content (AvgIpc) is 2.41. The zero-order valence-corrected chi connectivity index (χ0v) is 12.9. The molecule has 0 bridgehead atoms. The molecule has 4 nitrogen and oxygen atoms in total. The normalized spacial score (nSPS) is 18.2. The second-order valence-corrected chi connectivity index (χ2v) is 7.88. The van der Waals surface area contributed by atoms with Gasteiger partial charge in [-0.1, -0.05) is 30.3 Å². The van der Waals surface area contributed by atoms with Gasteiger partial charge in [0.05, 0.1) is 5.75 Å². The fraction of sp³-hybridized carbons (Fsp3) is 0.600. The minimum Gasteiger partial charge on any atom is -0.313 e.